The van der Waals surface area contributed by atoms with E-state index in [2.05, 4.69) is 0 Å². The summed E-state index contributed by atoms with van der Waals surface area (Å²) in [5.41, 5.74) is 6.47. The SMILES string of the molecule is COC(CN)CC(=O)N1CCOC(c2ccc(Cl)c(Cl)c2)C1. The molecule has 1 saturated heterocycles. The highest BCUT2D eigenvalue weighted by atomic mass is 35.5. The molecule has 1 heterocycles. The number of methoxy groups -OCH3 is 1. The predicted molar refractivity (Wildman–Crippen MR) is 86.2 cm³/mol. The number of benzene rings is 1. The summed E-state index contributed by atoms with van der Waals surface area (Å²) in [5.74, 6) is 0.0191. The van der Waals surface area contributed by atoms with Crippen LogP contribution in [0.1, 0.15) is 18.1 Å². The van der Waals surface area contributed by atoms with Gasteiger partial charge in [-0.15, -0.1) is 0 Å². The van der Waals surface area contributed by atoms with Gasteiger partial charge in [0, 0.05) is 20.2 Å². The molecule has 0 aliphatic carbocycles. The third kappa shape index (κ3) is 4.33. The van der Waals surface area contributed by atoms with Gasteiger partial charge >= 0.3 is 0 Å². The molecule has 1 aromatic rings. The van der Waals surface area contributed by atoms with Crippen molar-refractivity contribution in [2.45, 2.75) is 18.6 Å². The Kier molecular flexibility index (Phi) is 6.47. The molecule has 1 fully saturated rings. The van der Waals surface area contributed by atoms with Crippen molar-refractivity contribution in [1.29, 1.82) is 0 Å². The lowest BCUT2D eigenvalue weighted by atomic mass is 10.1. The van der Waals surface area contributed by atoms with E-state index in [0.29, 0.717) is 36.3 Å². The molecule has 2 unspecified atom stereocenters. The Bertz CT molecular complexity index is 524. The fourth-order valence-electron chi connectivity index (χ4n) is 2.38. The summed E-state index contributed by atoms with van der Waals surface area (Å²) < 4.78 is 10.9. The second kappa shape index (κ2) is 8.13. The van der Waals surface area contributed by atoms with Gasteiger partial charge in [0.15, 0.2) is 0 Å². The lowest BCUT2D eigenvalue weighted by Crippen LogP contribution is -2.44. The Morgan fingerprint density at radius 2 is 2.27 bits per heavy atom. The van der Waals surface area contributed by atoms with Crippen LogP contribution in [0.4, 0.5) is 0 Å². The maximum atomic E-state index is 12.3. The summed E-state index contributed by atoms with van der Waals surface area (Å²) in [4.78, 5) is 14.1. The normalized spacial score (nSPS) is 20.0. The molecule has 2 rings (SSSR count). The van der Waals surface area contributed by atoms with Gasteiger partial charge in [0.25, 0.3) is 0 Å². The van der Waals surface area contributed by atoms with Crippen molar-refractivity contribution >= 4 is 29.1 Å². The number of ether oxygens (including phenoxy) is 2. The van der Waals surface area contributed by atoms with Crippen LogP contribution in [0.3, 0.4) is 0 Å². The Balaban J connectivity index is 2.02. The van der Waals surface area contributed by atoms with Gasteiger partial charge in [-0.3, -0.25) is 4.79 Å². The number of halogens is 2. The van der Waals surface area contributed by atoms with Crippen molar-refractivity contribution in [2.24, 2.45) is 5.73 Å². The minimum Gasteiger partial charge on any atom is -0.380 e. The highest BCUT2D eigenvalue weighted by Crippen LogP contribution is 2.29. The van der Waals surface area contributed by atoms with Crippen LogP contribution in [0, 0.1) is 0 Å². The number of rotatable bonds is 5. The third-order valence-corrected chi connectivity index (χ3v) is 4.47. The zero-order chi connectivity index (χ0) is 16.1. The summed E-state index contributed by atoms with van der Waals surface area (Å²) >= 11 is 12.0. The standard InChI is InChI=1S/C15H20Cl2N2O3/c1-21-11(8-18)7-15(20)19-4-5-22-14(9-19)10-2-3-12(16)13(17)6-10/h2-3,6,11,14H,4-5,7-9,18H2,1H3. The summed E-state index contributed by atoms with van der Waals surface area (Å²) in [6.07, 6.45) is -0.175. The minimum atomic E-state index is -0.251. The highest BCUT2D eigenvalue weighted by molar-refractivity contribution is 6.42. The van der Waals surface area contributed by atoms with Crippen LogP contribution in [-0.2, 0) is 14.3 Å². The summed E-state index contributed by atoms with van der Waals surface area (Å²) in [6.45, 7) is 1.86. The van der Waals surface area contributed by atoms with Crippen LogP contribution in [0.5, 0.6) is 0 Å². The monoisotopic (exact) mass is 346 g/mol. The molecule has 0 radical (unpaired) electrons. The minimum absolute atomic E-state index is 0.0191. The number of nitrogens with zero attached hydrogens (tertiary/aromatic N) is 1. The number of hydrogen-bond donors (Lipinski definition) is 1. The number of carbonyl (C=O) groups excluding carboxylic acids is 1. The molecule has 1 aromatic carbocycles. The van der Waals surface area contributed by atoms with Crippen molar-refractivity contribution in [2.75, 3.05) is 33.4 Å². The van der Waals surface area contributed by atoms with E-state index >= 15 is 0 Å². The largest absolute Gasteiger partial charge is 0.380 e. The van der Waals surface area contributed by atoms with Gasteiger partial charge in [0.05, 0.1) is 35.7 Å². The van der Waals surface area contributed by atoms with Gasteiger partial charge in [0.2, 0.25) is 5.91 Å². The van der Waals surface area contributed by atoms with Crippen LogP contribution in [0.25, 0.3) is 0 Å². The van der Waals surface area contributed by atoms with E-state index in [1.807, 2.05) is 6.07 Å². The third-order valence-electron chi connectivity index (χ3n) is 3.73. The second-order valence-corrected chi connectivity index (χ2v) is 5.98. The first kappa shape index (κ1) is 17.5. The second-order valence-electron chi connectivity index (χ2n) is 5.17. The number of nitrogens with two attached hydrogens (primary N) is 1. The van der Waals surface area contributed by atoms with Crippen molar-refractivity contribution in [3.05, 3.63) is 33.8 Å². The first-order chi connectivity index (χ1) is 10.5. The smallest absolute Gasteiger partial charge is 0.225 e. The molecule has 5 nitrogen and oxygen atoms in total. The van der Waals surface area contributed by atoms with Gasteiger partial charge in [-0.05, 0) is 17.7 Å². The zero-order valence-electron chi connectivity index (χ0n) is 12.4. The van der Waals surface area contributed by atoms with Crippen molar-refractivity contribution in [1.82, 2.24) is 4.90 Å². The van der Waals surface area contributed by atoms with E-state index in [0.717, 1.165) is 5.56 Å². The van der Waals surface area contributed by atoms with E-state index in [4.69, 9.17) is 38.4 Å². The fraction of sp³-hybridized carbons (Fsp3) is 0.533. The van der Waals surface area contributed by atoms with Crippen LogP contribution in [0.2, 0.25) is 10.0 Å². The van der Waals surface area contributed by atoms with Gasteiger partial charge in [-0.2, -0.15) is 0 Å². The molecular formula is C15H20Cl2N2O3. The molecule has 0 spiro atoms. The Morgan fingerprint density at radius 3 is 2.91 bits per heavy atom. The molecule has 7 heteroatoms. The quantitative estimate of drug-likeness (QED) is 0.887. The van der Waals surface area contributed by atoms with Gasteiger partial charge < -0.3 is 20.1 Å². The molecule has 0 saturated carbocycles. The number of morpholine rings is 1. The molecule has 22 heavy (non-hydrogen) atoms. The highest BCUT2D eigenvalue weighted by Gasteiger charge is 2.27. The summed E-state index contributed by atoms with van der Waals surface area (Å²) in [7, 11) is 1.56. The number of amides is 1. The topological polar surface area (TPSA) is 64.8 Å². The Morgan fingerprint density at radius 1 is 1.50 bits per heavy atom. The number of hydrogen-bond acceptors (Lipinski definition) is 4. The molecule has 0 bridgehead atoms. The lowest BCUT2D eigenvalue weighted by molar-refractivity contribution is -0.141. The average Bonchev–Trinajstić information content (AvgIpc) is 2.55. The van der Waals surface area contributed by atoms with E-state index in [9.17, 15) is 4.79 Å². The fourth-order valence-corrected chi connectivity index (χ4v) is 2.68. The molecule has 1 aliphatic heterocycles. The van der Waals surface area contributed by atoms with E-state index in [1.165, 1.54) is 0 Å². The van der Waals surface area contributed by atoms with E-state index in [1.54, 1.807) is 24.1 Å². The maximum absolute atomic E-state index is 12.3. The van der Waals surface area contributed by atoms with Gasteiger partial charge in [-0.25, -0.2) is 0 Å². The molecule has 122 valence electrons. The van der Waals surface area contributed by atoms with E-state index < -0.39 is 0 Å². The van der Waals surface area contributed by atoms with Gasteiger partial charge in [-0.1, -0.05) is 29.3 Å². The van der Waals surface area contributed by atoms with Crippen LogP contribution in [-0.4, -0.2) is 50.3 Å². The maximum Gasteiger partial charge on any atom is 0.225 e. The molecule has 2 atom stereocenters. The van der Waals surface area contributed by atoms with Crippen LogP contribution in [0.15, 0.2) is 18.2 Å². The molecule has 2 N–H and O–H groups in total. The first-order valence-electron chi connectivity index (χ1n) is 7.12. The van der Waals surface area contributed by atoms with E-state index in [-0.39, 0.29) is 24.5 Å². The summed E-state index contributed by atoms with van der Waals surface area (Å²) in [5, 5.41) is 0.980. The van der Waals surface area contributed by atoms with Crippen molar-refractivity contribution < 1.29 is 14.3 Å². The molecule has 1 aliphatic rings. The lowest BCUT2D eigenvalue weighted by Gasteiger charge is -2.34. The van der Waals surface area contributed by atoms with Crippen LogP contribution >= 0.6 is 23.2 Å². The number of carbonyl (C=O) groups is 1. The van der Waals surface area contributed by atoms with Gasteiger partial charge in [0.1, 0.15) is 6.10 Å². The van der Waals surface area contributed by atoms with Crippen molar-refractivity contribution in [3.8, 4) is 0 Å². The molecular weight excluding hydrogens is 327 g/mol. The molecule has 0 aromatic heterocycles. The predicted octanol–water partition coefficient (Wildman–Crippen LogP) is 2.26. The average molecular weight is 347 g/mol. The molecule has 1 amide bonds. The first-order valence-corrected chi connectivity index (χ1v) is 7.88. The summed E-state index contributed by atoms with van der Waals surface area (Å²) in [6, 6.07) is 5.38. The Labute approximate surface area is 140 Å². The van der Waals surface area contributed by atoms with Crippen molar-refractivity contribution in [3.63, 3.8) is 0 Å². The Hall–Kier alpha value is -0.850. The van der Waals surface area contributed by atoms with Crippen LogP contribution < -0.4 is 5.73 Å². The zero-order valence-corrected chi connectivity index (χ0v) is 13.9.